The second-order valence-electron chi connectivity index (χ2n) is 7.25. The average molecular weight is 394 g/mol. The molecule has 0 fully saturated rings. The van der Waals surface area contributed by atoms with E-state index in [1.165, 1.54) is 5.56 Å². The highest BCUT2D eigenvalue weighted by Gasteiger charge is 2.26. The van der Waals surface area contributed by atoms with E-state index in [1.807, 2.05) is 42.6 Å². The summed E-state index contributed by atoms with van der Waals surface area (Å²) in [5.74, 6) is 1.34. The lowest BCUT2D eigenvalue weighted by molar-refractivity contribution is 0.0937. The Labute approximate surface area is 170 Å². The number of nitrogens with zero attached hydrogens (tertiary/aromatic N) is 1. The quantitative estimate of drug-likeness (QED) is 0.663. The first-order chi connectivity index (χ1) is 14.1. The van der Waals surface area contributed by atoms with Crippen LogP contribution in [-0.2, 0) is 17.7 Å². The maximum atomic E-state index is 12.9. The standard InChI is InChI=1S/C23H26N2O4/c1-27-11-10-25-9-8-16-12-17(5-7-20(16)25)23(26)24-19-6-4-15-13-21(28-2)22(29-3)14-18(15)19/h5,7-9,12-14,19H,4,6,10-11H2,1-3H3,(H,24,26). The van der Waals surface area contributed by atoms with Crippen molar-refractivity contribution in [1.29, 1.82) is 0 Å². The van der Waals surface area contributed by atoms with Gasteiger partial charge in [0.25, 0.3) is 5.91 Å². The molecule has 6 heteroatoms. The highest BCUT2D eigenvalue weighted by atomic mass is 16.5. The van der Waals surface area contributed by atoms with Crippen molar-refractivity contribution < 1.29 is 19.0 Å². The highest BCUT2D eigenvalue weighted by Crippen LogP contribution is 2.39. The topological polar surface area (TPSA) is 61.7 Å². The van der Waals surface area contributed by atoms with Crippen molar-refractivity contribution in [3.8, 4) is 11.5 Å². The van der Waals surface area contributed by atoms with Gasteiger partial charge in [-0.2, -0.15) is 0 Å². The molecule has 1 atom stereocenters. The van der Waals surface area contributed by atoms with Crippen molar-refractivity contribution in [3.63, 3.8) is 0 Å². The molecule has 0 spiro atoms. The predicted molar refractivity (Wildman–Crippen MR) is 112 cm³/mol. The van der Waals surface area contributed by atoms with E-state index in [1.54, 1.807) is 21.3 Å². The fraction of sp³-hybridized carbons (Fsp3) is 0.348. The molecule has 1 heterocycles. The third kappa shape index (κ3) is 3.68. The number of aryl methyl sites for hydroxylation is 1. The summed E-state index contributed by atoms with van der Waals surface area (Å²) in [4.78, 5) is 12.9. The van der Waals surface area contributed by atoms with E-state index in [9.17, 15) is 4.79 Å². The van der Waals surface area contributed by atoms with Gasteiger partial charge in [0, 0.05) is 36.3 Å². The van der Waals surface area contributed by atoms with Crippen molar-refractivity contribution in [2.75, 3.05) is 27.9 Å². The molecule has 0 saturated heterocycles. The van der Waals surface area contributed by atoms with Crippen LogP contribution in [0.25, 0.3) is 10.9 Å². The summed E-state index contributed by atoms with van der Waals surface area (Å²) >= 11 is 0. The SMILES string of the molecule is COCCn1ccc2cc(C(=O)NC3CCc4cc(OC)c(OC)cc43)ccc21. The number of rotatable bonds is 7. The Kier molecular flexibility index (Phi) is 5.45. The Hall–Kier alpha value is -2.99. The molecule has 0 aliphatic heterocycles. The number of amides is 1. The fourth-order valence-corrected chi connectivity index (χ4v) is 4.05. The Morgan fingerprint density at radius 2 is 1.90 bits per heavy atom. The molecule has 1 aliphatic rings. The summed E-state index contributed by atoms with van der Waals surface area (Å²) < 4.78 is 18.1. The first kappa shape index (κ1) is 19.3. The van der Waals surface area contributed by atoms with E-state index in [-0.39, 0.29) is 11.9 Å². The molecule has 0 bridgehead atoms. The summed E-state index contributed by atoms with van der Waals surface area (Å²) in [6, 6.07) is 11.8. The van der Waals surface area contributed by atoms with Gasteiger partial charge < -0.3 is 24.1 Å². The number of nitrogens with one attached hydrogen (secondary N) is 1. The molecule has 1 aromatic heterocycles. The van der Waals surface area contributed by atoms with Crippen molar-refractivity contribution in [1.82, 2.24) is 9.88 Å². The molecular formula is C23H26N2O4. The van der Waals surface area contributed by atoms with Gasteiger partial charge in [-0.05, 0) is 60.4 Å². The fourth-order valence-electron chi connectivity index (χ4n) is 4.05. The monoisotopic (exact) mass is 394 g/mol. The number of hydrogen-bond donors (Lipinski definition) is 1. The smallest absolute Gasteiger partial charge is 0.251 e. The van der Waals surface area contributed by atoms with Gasteiger partial charge in [-0.1, -0.05) is 0 Å². The largest absolute Gasteiger partial charge is 0.493 e. The van der Waals surface area contributed by atoms with Gasteiger partial charge in [0.15, 0.2) is 11.5 Å². The lowest BCUT2D eigenvalue weighted by Crippen LogP contribution is -2.27. The molecule has 6 nitrogen and oxygen atoms in total. The maximum absolute atomic E-state index is 12.9. The molecular weight excluding hydrogens is 368 g/mol. The zero-order valence-corrected chi connectivity index (χ0v) is 17.0. The molecule has 0 radical (unpaired) electrons. The van der Waals surface area contributed by atoms with Crippen molar-refractivity contribution >= 4 is 16.8 Å². The van der Waals surface area contributed by atoms with Gasteiger partial charge in [0.1, 0.15) is 0 Å². The van der Waals surface area contributed by atoms with Crippen LogP contribution < -0.4 is 14.8 Å². The molecule has 4 rings (SSSR count). The van der Waals surface area contributed by atoms with Gasteiger partial charge in [0.2, 0.25) is 0 Å². The second kappa shape index (κ2) is 8.17. The molecule has 2 aromatic carbocycles. The average Bonchev–Trinajstić information content (AvgIpc) is 3.34. The molecule has 1 unspecified atom stereocenters. The van der Waals surface area contributed by atoms with E-state index in [0.29, 0.717) is 17.9 Å². The number of benzene rings is 2. The second-order valence-corrected chi connectivity index (χ2v) is 7.25. The Bertz CT molecular complexity index is 1040. The van der Waals surface area contributed by atoms with Crippen LogP contribution in [-0.4, -0.2) is 38.4 Å². The van der Waals surface area contributed by atoms with Crippen LogP contribution in [0.5, 0.6) is 11.5 Å². The van der Waals surface area contributed by atoms with Crippen LogP contribution >= 0.6 is 0 Å². The van der Waals surface area contributed by atoms with Crippen LogP contribution in [0, 0.1) is 0 Å². The minimum Gasteiger partial charge on any atom is -0.493 e. The Morgan fingerprint density at radius 1 is 1.10 bits per heavy atom. The predicted octanol–water partition coefficient (Wildman–Crippen LogP) is 3.72. The first-order valence-corrected chi connectivity index (χ1v) is 9.78. The summed E-state index contributed by atoms with van der Waals surface area (Å²) in [6.07, 6.45) is 3.80. The van der Waals surface area contributed by atoms with Gasteiger partial charge >= 0.3 is 0 Å². The van der Waals surface area contributed by atoms with E-state index in [4.69, 9.17) is 14.2 Å². The summed E-state index contributed by atoms with van der Waals surface area (Å²) in [7, 11) is 4.96. The van der Waals surface area contributed by atoms with Crippen LogP contribution in [0.15, 0.2) is 42.6 Å². The summed E-state index contributed by atoms with van der Waals surface area (Å²) in [5, 5.41) is 4.23. The van der Waals surface area contributed by atoms with Gasteiger partial charge in [0.05, 0.1) is 26.9 Å². The highest BCUT2D eigenvalue weighted by molar-refractivity contribution is 5.98. The number of fused-ring (bicyclic) bond motifs is 2. The summed E-state index contributed by atoms with van der Waals surface area (Å²) in [6.45, 7) is 1.44. The minimum atomic E-state index is -0.0656. The number of methoxy groups -OCH3 is 3. The number of carbonyl (C=O) groups excluding carboxylic acids is 1. The normalized spacial score (nSPS) is 15.3. The van der Waals surface area contributed by atoms with Crippen molar-refractivity contribution in [2.24, 2.45) is 0 Å². The number of hydrogen-bond acceptors (Lipinski definition) is 4. The maximum Gasteiger partial charge on any atom is 0.251 e. The Morgan fingerprint density at radius 3 is 2.66 bits per heavy atom. The number of ether oxygens (including phenoxy) is 3. The summed E-state index contributed by atoms with van der Waals surface area (Å²) in [5.41, 5.74) is 4.05. The molecule has 1 amide bonds. The van der Waals surface area contributed by atoms with E-state index >= 15 is 0 Å². The lowest BCUT2D eigenvalue weighted by atomic mass is 10.1. The first-order valence-electron chi connectivity index (χ1n) is 9.78. The van der Waals surface area contributed by atoms with Crippen LogP contribution in [0.3, 0.4) is 0 Å². The Balaban J connectivity index is 1.53. The third-order valence-corrected chi connectivity index (χ3v) is 5.60. The molecule has 1 aliphatic carbocycles. The van der Waals surface area contributed by atoms with Crippen LogP contribution in [0.4, 0.5) is 0 Å². The van der Waals surface area contributed by atoms with Crippen LogP contribution in [0.2, 0.25) is 0 Å². The molecule has 3 aromatic rings. The van der Waals surface area contributed by atoms with Gasteiger partial charge in [-0.3, -0.25) is 4.79 Å². The van der Waals surface area contributed by atoms with Crippen molar-refractivity contribution in [3.05, 3.63) is 59.3 Å². The molecule has 152 valence electrons. The molecule has 0 saturated carbocycles. The van der Waals surface area contributed by atoms with Gasteiger partial charge in [-0.15, -0.1) is 0 Å². The number of carbonyl (C=O) groups is 1. The van der Waals surface area contributed by atoms with E-state index < -0.39 is 0 Å². The van der Waals surface area contributed by atoms with Crippen LogP contribution in [0.1, 0.15) is 33.9 Å². The van der Waals surface area contributed by atoms with E-state index in [0.717, 1.165) is 41.6 Å². The third-order valence-electron chi connectivity index (χ3n) is 5.60. The number of aromatic nitrogens is 1. The zero-order valence-electron chi connectivity index (χ0n) is 17.0. The van der Waals surface area contributed by atoms with Crippen molar-refractivity contribution in [2.45, 2.75) is 25.4 Å². The molecule has 1 N–H and O–H groups in total. The lowest BCUT2D eigenvalue weighted by Gasteiger charge is -2.16. The van der Waals surface area contributed by atoms with E-state index in [2.05, 4.69) is 9.88 Å². The zero-order chi connectivity index (χ0) is 20.4. The minimum absolute atomic E-state index is 0.0284. The molecule has 29 heavy (non-hydrogen) atoms. The van der Waals surface area contributed by atoms with Gasteiger partial charge in [-0.25, -0.2) is 0 Å².